The van der Waals surface area contributed by atoms with E-state index in [2.05, 4.69) is 45.8 Å². The van der Waals surface area contributed by atoms with Crippen LogP contribution in [0, 0.1) is 19.8 Å². The maximum absolute atomic E-state index is 6.04. The molecule has 1 fully saturated rings. The molecule has 0 unspecified atom stereocenters. The lowest BCUT2D eigenvalue weighted by Crippen LogP contribution is -2.38. The molecular weight excluding hydrogens is 326 g/mol. The van der Waals surface area contributed by atoms with Gasteiger partial charge in [-0.3, -0.25) is 9.67 Å². The zero-order valence-corrected chi connectivity index (χ0v) is 16.0. The lowest BCUT2D eigenvalue weighted by atomic mass is 10.1. The number of hydrogen-bond acceptors (Lipinski definition) is 3. The minimum atomic E-state index is 0.681. The first-order valence-electron chi connectivity index (χ1n) is 9.30. The fourth-order valence-electron chi connectivity index (χ4n) is 2.71. The summed E-state index contributed by atoms with van der Waals surface area (Å²) in [4.78, 5) is 4.29. The SMILES string of the molecule is CN=C(NCCn1cc(C)cn1)NCc1ccc(C)cc1OCC1CC1. The fraction of sp³-hybridized carbons (Fsp3) is 0.500. The van der Waals surface area contributed by atoms with E-state index < -0.39 is 0 Å². The van der Waals surface area contributed by atoms with Gasteiger partial charge >= 0.3 is 0 Å². The van der Waals surface area contributed by atoms with Gasteiger partial charge in [-0.2, -0.15) is 5.10 Å². The molecule has 0 saturated heterocycles. The van der Waals surface area contributed by atoms with Crippen LogP contribution in [0.4, 0.5) is 0 Å². The molecular formula is C20H29N5O. The van der Waals surface area contributed by atoms with E-state index in [0.717, 1.165) is 42.9 Å². The molecule has 0 atom stereocenters. The molecule has 2 N–H and O–H groups in total. The lowest BCUT2D eigenvalue weighted by molar-refractivity contribution is 0.296. The van der Waals surface area contributed by atoms with Crippen molar-refractivity contribution in [1.82, 2.24) is 20.4 Å². The molecule has 0 radical (unpaired) electrons. The van der Waals surface area contributed by atoms with E-state index in [-0.39, 0.29) is 0 Å². The second kappa shape index (κ2) is 8.74. The predicted molar refractivity (Wildman–Crippen MR) is 105 cm³/mol. The number of hydrogen-bond donors (Lipinski definition) is 2. The molecule has 1 aromatic heterocycles. The van der Waals surface area contributed by atoms with Gasteiger partial charge in [-0.05, 0) is 49.8 Å². The van der Waals surface area contributed by atoms with Crippen molar-refractivity contribution >= 4 is 5.96 Å². The molecule has 0 spiro atoms. The maximum Gasteiger partial charge on any atom is 0.191 e. The van der Waals surface area contributed by atoms with Crippen molar-refractivity contribution in [3.8, 4) is 5.75 Å². The monoisotopic (exact) mass is 355 g/mol. The standard InChI is InChI=1S/C20H29N5O/c1-15-4-7-18(19(10-15)26-14-17-5-6-17)12-23-20(21-3)22-8-9-25-13-16(2)11-24-25/h4,7,10-11,13,17H,5-6,8-9,12,14H2,1-3H3,(H2,21,22,23). The van der Waals surface area contributed by atoms with Crippen LogP contribution >= 0.6 is 0 Å². The Balaban J connectivity index is 1.49. The number of aromatic nitrogens is 2. The van der Waals surface area contributed by atoms with Crippen LogP contribution in [-0.2, 0) is 13.1 Å². The third kappa shape index (κ3) is 5.51. The third-order valence-electron chi connectivity index (χ3n) is 4.46. The molecule has 2 aromatic rings. The Morgan fingerprint density at radius 1 is 1.27 bits per heavy atom. The van der Waals surface area contributed by atoms with Crippen molar-refractivity contribution in [2.75, 3.05) is 20.2 Å². The van der Waals surface area contributed by atoms with Gasteiger partial charge in [-0.25, -0.2) is 0 Å². The van der Waals surface area contributed by atoms with Crippen molar-refractivity contribution < 1.29 is 4.74 Å². The zero-order valence-electron chi connectivity index (χ0n) is 16.0. The second-order valence-corrected chi connectivity index (χ2v) is 7.00. The Hall–Kier alpha value is -2.50. The number of nitrogens with zero attached hydrogens (tertiary/aromatic N) is 3. The van der Waals surface area contributed by atoms with E-state index in [9.17, 15) is 0 Å². The van der Waals surface area contributed by atoms with Crippen LogP contribution in [0.25, 0.3) is 0 Å². The molecule has 1 aromatic carbocycles. The summed E-state index contributed by atoms with van der Waals surface area (Å²) in [7, 11) is 1.78. The van der Waals surface area contributed by atoms with Crippen molar-refractivity contribution in [2.24, 2.45) is 10.9 Å². The van der Waals surface area contributed by atoms with Gasteiger partial charge in [0.2, 0.25) is 0 Å². The average Bonchev–Trinajstić information content (AvgIpc) is 3.37. The summed E-state index contributed by atoms with van der Waals surface area (Å²) < 4.78 is 7.97. The van der Waals surface area contributed by atoms with Gasteiger partial charge < -0.3 is 15.4 Å². The van der Waals surface area contributed by atoms with Gasteiger partial charge in [0.1, 0.15) is 5.75 Å². The number of aliphatic imine (C=N–C) groups is 1. The van der Waals surface area contributed by atoms with Crippen LogP contribution in [0.1, 0.15) is 29.5 Å². The van der Waals surface area contributed by atoms with Crippen LogP contribution in [0.5, 0.6) is 5.75 Å². The summed E-state index contributed by atoms with van der Waals surface area (Å²) in [5.41, 5.74) is 3.55. The van der Waals surface area contributed by atoms with Gasteiger partial charge in [-0.1, -0.05) is 12.1 Å². The third-order valence-corrected chi connectivity index (χ3v) is 4.46. The van der Waals surface area contributed by atoms with Crippen molar-refractivity contribution in [3.05, 3.63) is 47.3 Å². The van der Waals surface area contributed by atoms with E-state index >= 15 is 0 Å². The number of benzene rings is 1. The number of rotatable bonds is 8. The van der Waals surface area contributed by atoms with Crippen molar-refractivity contribution in [3.63, 3.8) is 0 Å². The number of guanidine groups is 1. The summed E-state index contributed by atoms with van der Waals surface area (Å²) in [5.74, 6) is 2.51. The van der Waals surface area contributed by atoms with Crippen molar-refractivity contribution in [2.45, 2.75) is 39.8 Å². The van der Waals surface area contributed by atoms with E-state index in [1.807, 2.05) is 24.0 Å². The molecule has 0 amide bonds. The second-order valence-electron chi connectivity index (χ2n) is 7.00. The molecule has 1 heterocycles. The number of aryl methyl sites for hydroxylation is 2. The zero-order chi connectivity index (χ0) is 18.4. The molecule has 26 heavy (non-hydrogen) atoms. The van der Waals surface area contributed by atoms with Crippen LogP contribution in [0.3, 0.4) is 0 Å². The van der Waals surface area contributed by atoms with E-state index in [0.29, 0.717) is 6.54 Å². The smallest absolute Gasteiger partial charge is 0.191 e. The largest absolute Gasteiger partial charge is 0.493 e. The molecule has 6 nitrogen and oxygen atoms in total. The summed E-state index contributed by atoms with van der Waals surface area (Å²) in [6, 6.07) is 6.37. The Labute approximate surface area is 155 Å². The number of nitrogens with one attached hydrogen (secondary N) is 2. The first kappa shape index (κ1) is 18.3. The van der Waals surface area contributed by atoms with Gasteiger partial charge in [-0.15, -0.1) is 0 Å². The van der Waals surface area contributed by atoms with Crippen LogP contribution in [0.15, 0.2) is 35.6 Å². The Morgan fingerprint density at radius 2 is 2.12 bits per heavy atom. The summed E-state index contributed by atoms with van der Waals surface area (Å²) >= 11 is 0. The first-order valence-corrected chi connectivity index (χ1v) is 9.30. The molecule has 6 heteroatoms. The quantitative estimate of drug-likeness (QED) is 0.564. The molecule has 3 rings (SSSR count). The summed E-state index contributed by atoms with van der Waals surface area (Å²) in [5, 5.41) is 11.0. The minimum Gasteiger partial charge on any atom is -0.493 e. The normalized spacial score (nSPS) is 14.3. The van der Waals surface area contributed by atoms with Gasteiger partial charge in [0.15, 0.2) is 5.96 Å². The van der Waals surface area contributed by atoms with Crippen LogP contribution in [0.2, 0.25) is 0 Å². The highest BCUT2D eigenvalue weighted by Gasteiger charge is 2.22. The molecule has 1 saturated carbocycles. The van der Waals surface area contributed by atoms with Crippen molar-refractivity contribution in [1.29, 1.82) is 0 Å². The van der Waals surface area contributed by atoms with E-state index in [4.69, 9.17) is 4.74 Å². The molecule has 140 valence electrons. The topological polar surface area (TPSA) is 63.5 Å². The fourth-order valence-corrected chi connectivity index (χ4v) is 2.71. The molecule has 1 aliphatic carbocycles. The van der Waals surface area contributed by atoms with E-state index in [1.165, 1.54) is 24.0 Å². The molecule has 0 bridgehead atoms. The Kier molecular flexibility index (Phi) is 6.15. The maximum atomic E-state index is 6.04. The van der Waals surface area contributed by atoms with Crippen LogP contribution in [-0.4, -0.2) is 35.9 Å². The highest BCUT2D eigenvalue weighted by molar-refractivity contribution is 5.79. The predicted octanol–water partition coefficient (Wildman–Crippen LogP) is 2.65. The highest BCUT2D eigenvalue weighted by Crippen LogP contribution is 2.30. The lowest BCUT2D eigenvalue weighted by Gasteiger charge is -2.15. The van der Waals surface area contributed by atoms with E-state index in [1.54, 1.807) is 7.05 Å². The van der Waals surface area contributed by atoms with Crippen LogP contribution < -0.4 is 15.4 Å². The number of ether oxygens (including phenoxy) is 1. The van der Waals surface area contributed by atoms with Gasteiger partial charge in [0.25, 0.3) is 0 Å². The first-order chi connectivity index (χ1) is 12.6. The molecule has 0 aliphatic heterocycles. The highest BCUT2D eigenvalue weighted by atomic mass is 16.5. The Morgan fingerprint density at radius 3 is 2.81 bits per heavy atom. The summed E-state index contributed by atoms with van der Waals surface area (Å²) in [6.45, 7) is 7.21. The molecule has 1 aliphatic rings. The summed E-state index contributed by atoms with van der Waals surface area (Å²) in [6.07, 6.45) is 6.50. The van der Waals surface area contributed by atoms with Gasteiger partial charge in [0.05, 0.1) is 19.3 Å². The Bertz CT molecular complexity index is 748. The van der Waals surface area contributed by atoms with Gasteiger partial charge in [0, 0.05) is 31.9 Å². The average molecular weight is 355 g/mol. The minimum absolute atomic E-state index is 0.681.